The van der Waals surface area contributed by atoms with Crippen molar-refractivity contribution in [2.24, 2.45) is 0 Å². The van der Waals surface area contributed by atoms with Gasteiger partial charge < -0.3 is 9.47 Å². The van der Waals surface area contributed by atoms with Crippen molar-refractivity contribution < 1.29 is 9.47 Å². The molecule has 1 aliphatic heterocycles. The number of halogens is 3. The van der Waals surface area contributed by atoms with Gasteiger partial charge in [0.25, 0.3) is 0 Å². The van der Waals surface area contributed by atoms with Crippen molar-refractivity contribution in [2.75, 3.05) is 6.61 Å². The van der Waals surface area contributed by atoms with Crippen molar-refractivity contribution in [1.29, 1.82) is 0 Å². The zero-order chi connectivity index (χ0) is 14.8. The van der Waals surface area contributed by atoms with E-state index in [1.165, 1.54) is 0 Å². The largest absolute Gasteiger partial charge is 0.493 e. The van der Waals surface area contributed by atoms with Gasteiger partial charge in [0.2, 0.25) is 0 Å². The first-order valence-electron chi connectivity index (χ1n) is 6.59. The zero-order valence-electron chi connectivity index (χ0n) is 11.2. The molecule has 0 bridgehead atoms. The molecule has 0 atom stereocenters. The van der Waals surface area contributed by atoms with Gasteiger partial charge in [0.15, 0.2) is 0 Å². The number of hydrogen-bond donors (Lipinski definition) is 0. The van der Waals surface area contributed by atoms with E-state index >= 15 is 0 Å². The Balaban J connectivity index is 1.85. The van der Waals surface area contributed by atoms with Gasteiger partial charge in [-0.1, -0.05) is 45.2 Å². The summed E-state index contributed by atoms with van der Waals surface area (Å²) in [5, 5.41) is 2.05. The standard InChI is InChI=1S/C16H13BrCl2O2/c17-8-13-14(19)2-1-3-15(13)21-9-11-7-12(18)6-10-4-5-20-16(10)11/h1-3,6-7H,4-5,8-9H2. The van der Waals surface area contributed by atoms with Gasteiger partial charge in [-0.2, -0.15) is 0 Å². The molecule has 0 saturated carbocycles. The molecule has 1 aliphatic rings. The van der Waals surface area contributed by atoms with Crippen LogP contribution in [-0.2, 0) is 18.4 Å². The maximum Gasteiger partial charge on any atom is 0.129 e. The molecule has 5 heteroatoms. The molecule has 0 radical (unpaired) electrons. The predicted molar refractivity (Wildman–Crippen MR) is 89.1 cm³/mol. The summed E-state index contributed by atoms with van der Waals surface area (Å²) in [5.41, 5.74) is 3.06. The molecule has 21 heavy (non-hydrogen) atoms. The summed E-state index contributed by atoms with van der Waals surface area (Å²) in [7, 11) is 0. The molecule has 0 fully saturated rings. The second-order valence-corrected chi connectivity index (χ2v) is 6.19. The molecule has 2 aromatic rings. The molecule has 2 aromatic carbocycles. The first-order chi connectivity index (χ1) is 10.2. The molecular weight excluding hydrogens is 375 g/mol. The molecule has 0 amide bonds. The van der Waals surface area contributed by atoms with Crippen LogP contribution in [0.5, 0.6) is 11.5 Å². The van der Waals surface area contributed by atoms with E-state index in [-0.39, 0.29) is 0 Å². The van der Waals surface area contributed by atoms with Gasteiger partial charge in [-0.3, -0.25) is 0 Å². The van der Waals surface area contributed by atoms with Gasteiger partial charge in [0.05, 0.1) is 6.61 Å². The van der Waals surface area contributed by atoms with Crippen molar-refractivity contribution in [1.82, 2.24) is 0 Å². The number of ether oxygens (including phenoxy) is 2. The summed E-state index contributed by atoms with van der Waals surface area (Å²) in [5.74, 6) is 1.67. The second kappa shape index (κ2) is 6.47. The van der Waals surface area contributed by atoms with Crippen molar-refractivity contribution in [3.05, 3.63) is 57.1 Å². The highest BCUT2D eigenvalue weighted by Gasteiger charge is 2.18. The Morgan fingerprint density at radius 3 is 2.90 bits per heavy atom. The third kappa shape index (κ3) is 3.15. The second-order valence-electron chi connectivity index (χ2n) is 4.79. The van der Waals surface area contributed by atoms with Crippen LogP contribution >= 0.6 is 39.1 Å². The highest BCUT2D eigenvalue weighted by molar-refractivity contribution is 9.08. The van der Waals surface area contributed by atoms with Gasteiger partial charge in [-0.25, -0.2) is 0 Å². The Labute approximate surface area is 142 Å². The quantitative estimate of drug-likeness (QED) is 0.653. The Hall–Kier alpha value is -0.900. The first kappa shape index (κ1) is 15.0. The molecule has 0 aliphatic carbocycles. The van der Waals surface area contributed by atoms with Crippen LogP contribution in [0.2, 0.25) is 10.0 Å². The highest BCUT2D eigenvalue weighted by atomic mass is 79.9. The minimum Gasteiger partial charge on any atom is -0.493 e. The smallest absolute Gasteiger partial charge is 0.129 e. The fourth-order valence-electron chi connectivity index (χ4n) is 2.41. The summed E-state index contributed by atoms with van der Waals surface area (Å²) in [4.78, 5) is 0. The van der Waals surface area contributed by atoms with Crippen molar-refractivity contribution >= 4 is 39.1 Å². The van der Waals surface area contributed by atoms with E-state index in [2.05, 4.69) is 15.9 Å². The summed E-state index contributed by atoms with van der Waals surface area (Å²) in [6.45, 7) is 1.11. The lowest BCUT2D eigenvalue weighted by atomic mass is 10.1. The van der Waals surface area contributed by atoms with Gasteiger partial charge in [0, 0.05) is 32.9 Å². The lowest BCUT2D eigenvalue weighted by Gasteiger charge is -2.13. The number of hydrogen-bond acceptors (Lipinski definition) is 2. The topological polar surface area (TPSA) is 18.5 Å². The van der Waals surface area contributed by atoms with Crippen LogP contribution in [0.3, 0.4) is 0 Å². The normalized spacial score (nSPS) is 12.9. The van der Waals surface area contributed by atoms with E-state index in [9.17, 15) is 0 Å². The maximum atomic E-state index is 6.17. The first-order valence-corrected chi connectivity index (χ1v) is 8.47. The lowest BCUT2D eigenvalue weighted by Crippen LogP contribution is -2.00. The number of fused-ring (bicyclic) bond motifs is 1. The summed E-state index contributed by atoms with van der Waals surface area (Å²) in [6, 6.07) is 9.49. The van der Waals surface area contributed by atoms with Gasteiger partial charge in [-0.15, -0.1) is 0 Å². The molecule has 0 N–H and O–H groups in total. The van der Waals surface area contributed by atoms with E-state index in [4.69, 9.17) is 32.7 Å². The van der Waals surface area contributed by atoms with Gasteiger partial charge in [0.1, 0.15) is 18.1 Å². The van der Waals surface area contributed by atoms with E-state index in [0.29, 0.717) is 28.6 Å². The fourth-order valence-corrected chi connectivity index (χ4v) is 3.65. The Morgan fingerprint density at radius 2 is 2.10 bits per heavy atom. The van der Waals surface area contributed by atoms with Crippen LogP contribution in [0, 0.1) is 0 Å². The van der Waals surface area contributed by atoms with Crippen LogP contribution in [0.15, 0.2) is 30.3 Å². The van der Waals surface area contributed by atoms with E-state index in [1.54, 1.807) is 0 Å². The third-order valence-electron chi connectivity index (χ3n) is 3.42. The van der Waals surface area contributed by atoms with Gasteiger partial charge in [-0.05, 0) is 29.8 Å². The van der Waals surface area contributed by atoms with Crippen LogP contribution in [-0.4, -0.2) is 6.61 Å². The number of benzene rings is 2. The summed E-state index contributed by atoms with van der Waals surface area (Å²) in [6.07, 6.45) is 0.896. The Kier molecular flexibility index (Phi) is 4.63. The van der Waals surface area contributed by atoms with E-state index in [1.807, 2.05) is 30.3 Å². The molecule has 3 rings (SSSR count). The molecule has 1 heterocycles. The van der Waals surface area contributed by atoms with Crippen molar-refractivity contribution in [3.8, 4) is 11.5 Å². The zero-order valence-corrected chi connectivity index (χ0v) is 14.3. The third-order valence-corrected chi connectivity index (χ3v) is 4.55. The number of alkyl halides is 1. The molecule has 0 saturated heterocycles. The molecule has 110 valence electrons. The van der Waals surface area contributed by atoms with Crippen molar-refractivity contribution in [2.45, 2.75) is 18.4 Å². The summed E-state index contributed by atoms with van der Waals surface area (Å²) >= 11 is 15.8. The van der Waals surface area contributed by atoms with E-state index < -0.39 is 0 Å². The molecule has 0 spiro atoms. The SMILES string of the molecule is Clc1cc2c(c(COc3cccc(Cl)c3CBr)c1)OCC2. The van der Waals surface area contributed by atoms with Crippen LogP contribution in [0.25, 0.3) is 0 Å². The highest BCUT2D eigenvalue weighted by Crippen LogP contribution is 2.35. The lowest BCUT2D eigenvalue weighted by molar-refractivity contribution is 0.290. The maximum absolute atomic E-state index is 6.17. The minimum atomic E-state index is 0.406. The predicted octanol–water partition coefficient (Wildman–Crippen LogP) is 5.40. The van der Waals surface area contributed by atoms with Crippen LogP contribution < -0.4 is 9.47 Å². The monoisotopic (exact) mass is 386 g/mol. The minimum absolute atomic E-state index is 0.406. The molecule has 0 unspecified atom stereocenters. The Bertz CT molecular complexity index is 674. The average molecular weight is 388 g/mol. The van der Waals surface area contributed by atoms with Crippen molar-refractivity contribution in [3.63, 3.8) is 0 Å². The van der Waals surface area contributed by atoms with E-state index in [0.717, 1.165) is 34.6 Å². The Morgan fingerprint density at radius 1 is 1.24 bits per heavy atom. The average Bonchev–Trinajstić information content (AvgIpc) is 2.93. The number of rotatable bonds is 4. The molecular formula is C16H13BrCl2O2. The molecule has 0 aromatic heterocycles. The fraction of sp³-hybridized carbons (Fsp3) is 0.250. The van der Waals surface area contributed by atoms with Gasteiger partial charge >= 0.3 is 0 Å². The summed E-state index contributed by atoms with van der Waals surface area (Å²) < 4.78 is 11.6. The van der Waals surface area contributed by atoms with Crippen LogP contribution in [0.1, 0.15) is 16.7 Å². The van der Waals surface area contributed by atoms with Crippen LogP contribution in [0.4, 0.5) is 0 Å². The molecule has 2 nitrogen and oxygen atoms in total.